The van der Waals surface area contributed by atoms with Gasteiger partial charge in [0.2, 0.25) is 0 Å². The van der Waals surface area contributed by atoms with Crippen LogP contribution in [-0.4, -0.2) is 28.7 Å². The summed E-state index contributed by atoms with van der Waals surface area (Å²) in [7, 11) is 0. The van der Waals surface area contributed by atoms with E-state index < -0.39 is 18.6 Å². The molecule has 0 fully saturated rings. The molecule has 0 aliphatic carbocycles. The molecule has 15 heavy (non-hydrogen) atoms. The highest BCUT2D eigenvalue weighted by molar-refractivity contribution is 5.76. The summed E-state index contributed by atoms with van der Waals surface area (Å²) < 4.78 is 4.70. The summed E-state index contributed by atoms with van der Waals surface area (Å²) in [5, 5.41) is 10.3. The minimum atomic E-state index is -1.12. The zero-order valence-electron chi connectivity index (χ0n) is 7.84. The van der Waals surface area contributed by atoms with E-state index in [2.05, 4.69) is 10.3 Å². The van der Waals surface area contributed by atoms with Gasteiger partial charge in [0.1, 0.15) is 13.2 Å². The lowest BCUT2D eigenvalue weighted by Crippen LogP contribution is -2.29. The first-order valence-electron chi connectivity index (χ1n) is 4.21. The number of aliphatic carboxylic acids is 1. The Balaban J connectivity index is 2.26. The van der Waals surface area contributed by atoms with Gasteiger partial charge in [-0.2, -0.15) is 0 Å². The summed E-state index contributed by atoms with van der Waals surface area (Å²) in [5.41, 5.74) is 0.600. The number of carboxylic acid groups (broad SMARTS) is 1. The topological polar surface area (TPSA) is 88.5 Å². The zero-order chi connectivity index (χ0) is 11.1. The summed E-state index contributed by atoms with van der Waals surface area (Å²) in [6.45, 7) is -0.437. The van der Waals surface area contributed by atoms with Crippen LogP contribution in [0.1, 0.15) is 5.69 Å². The highest BCUT2D eigenvalue weighted by atomic mass is 16.5. The van der Waals surface area contributed by atoms with E-state index in [-0.39, 0.29) is 6.61 Å². The van der Waals surface area contributed by atoms with Crippen LogP contribution in [0.2, 0.25) is 0 Å². The number of aromatic nitrogens is 1. The number of carbonyl (C=O) groups excluding carboxylic acids is 1. The van der Waals surface area contributed by atoms with Crippen LogP contribution < -0.4 is 5.32 Å². The second-order valence-electron chi connectivity index (χ2n) is 2.64. The highest BCUT2D eigenvalue weighted by Gasteiger charge is 2.04. The average molecular weight is 210 g/mol. The van der Waals surface area contributed by atoms with Crippen molar-refractivity contribution in [3.8, 4) is 0 Å². The Morgan fingerprint density at radius 2 is 2.27 bits per heavy atom. The molecule has 0 aliphatic heterocycles. The minimum Gasteiger partial charge on any atom is -0.480 e. The van der Waals surface area contributed by atoms with Crippen molar-refractivity contribution in [1.82, 2.24) is 10.3 Å². The second-order valence-corrected chi connectivity index (χ2v) is 2.64. The van der Waals surface area contributed by atoms with Gasteiger partial charge in [0.15, 0.2) is 0 Å². The fourth-order valence-corrected chi connectivity index (χ4v) is 0.822. The summed E-state index contributed by atoms with van der Waals surface area (Å²) in [6, 6.07) is 5.21. The molecule has 1 rings (SSSR count). The SMILES string of the molecule is O=C(O)CNC(=O)OCc1ccccn1. The first-order valence-corrected chi connectivity index (χ1v) is 4.21. The molecule has 0 atom stereocenters. The number of rotatable bonds is 4. The third-order valence-electron chi connectivity index (χ3n) is 1.46. The lowest BCUT2D eigenvalue weighted by Gasteiger charge is -2.04. The van der Waals surface area contributed by atoms with E-state index in [0.29, 0.717) is 5.69 Å². The van der Waals surface area contributed by atoms with Crippen molar-refractivity contribution in [2.45, 2.75) is 6.61 Å². The number of hydrogen-bond donors (Lipinski definition) is 2. The van der Waals surface area contributed by atoms with Crippen LogP contribution in [-0.2, 0) is 16.1 Å². The third-order valence-corrected chi connectivity index (χ3v) is 1.46. The largest absolute Gasteiger partial charge is 0.480 e. The Hall–Kier alpha value is -2.11. The van der Waals surface area contributed by atoms with E-state index >= 15 is 0 Å². The van der Waals surface area contributed by atoms with Gasteiger partial charge >= 0.3 is 12.1 Å². The number of alkyl carbamates (subject to hydrolysis) is 1. The maximum atomic E-state index is 10.9. The van der Waals surface area contributed by atoms with Gasteiger partial charge in [0.25, 0.3) is 0 Å². The summed E-state index contributed by atoms with van der Waals surface area (Å²) in [4.78, 5) is 24.9. The molecule has 0 aromatic carbocycles. The smallest absolute Gasteiger partial charge is 0.408 e. The molecular weight excluding hydrogens is 200 g/mol. The van der Waals surface area contributed by atoms with Crippen molar-refractivity contribution in [2.75, 3.05) is 6.54 Å². The highest BCUT2D eigenvalue weighted by Crippen LogP contribution is 1.95. The van der Waals surface area contributed by atoms with E-state index in [1.165, 1.54) is 0 Å². The molecule has 0 radical (unpaired) electrons. The molecule has 1 amide bonds. The maximum absolute atomic E-state index is 10.9. The van der Waals surface area contributed by atoms with E-state index in [4.69, 9.17) is 9.84 Å². The molecule has 0 saturated heterocycles. The fraction of sp³-hybridized carbons (Fsp3) is 0.222. The van der Waals surface area contributed by atoms with Crippen molar-refractivity contribution in [1.29, 1.82) is 0 Å². The van der Waals surface area contributed by atoms with Crippen LogP contribution >= 0.6 is 0 Å². The molecule has 0 spiro atoms. The molecule has 80 valence electrons. The Labute approximate surface area is 85.9 Å². The van der Waals surface area contributed by atoms with Gasteiger partial charge in [0.05, 0.1) is 5.69 Å². The molecule has 2 N–H and O–H groups in total. The molecule has 1 heterocycles. The standard InChI is InChI=1S/C9H10N2O4/c12-8(13)5-11-9(14)15-6-7-3-1-2-4-10-7/h1-4H,5-6H2,(H,11,14)(H,12,13). The number of nitrogens with one attached hydrogen (secondary N) is 1. The molecule has 1 aromatic rings. The van der Waals surface area contributed by atoms with E-state index in [0.717, 1.165) is 0 Å². The predicted octanol–water partition coefficient (Wildman–Crippen LogP) is 0.392. The summed E-state index contributed by atoms with van der Waals surface area (Å²) in [5.74, 6) is -1.12. The van der Waals surface area contributed by atoms with Crippen molar-refractivity contribution in [2.24, 2.45) is 0 Å². The Bertz CT molecular complexity index is 339. The van der Waals surface area contributed by atoms with Crippen LogP contribution in [0.3, 0.4) is 0 Å². The molecule has 0 bridgehead atoms. The number of pyridine rings is 1. The van der Waals surface area contributed by atoms with Crippen LogP contribution in [0.5, 0.6) is 0 Å². The summed E-state index contributed by atoms with van der Waals surface area (Å²) in [6.07, 6.45) is 0.802. The average Bonchev–Trinajstić information content (AvgIpc) is 2.25. The van der Waals surface area contributed by atoms with Crippen LogP contribution in [0.4, 0.5) is 4.79 Å². The van der Waals surface area contributed by atoms with Gasteiger partial charge < -0.3 is 15.2 Å². The Morgan fingerprint density at radius 3 is 2.87 bits per heavy atom. The summed E-state index contributed by atoms with van der Waals surface area (Å²) >= 11 is 0. The van der Waals surface area contributed by atoms with Crippen molar-refractivity contribution >= 4 is 12.1 Å². The fourth-order valence-electron chi connectivity index (χ4n) is 0.822. The quantitative estimate of drug-likeness (QED) is 0.750. The van der Waals surface area contributed by atoms with Gasteiger partial charge in [-0.15, -0.1) is 0 Å². The number of carbonyl (C=O) groups is 2. The minimum absolute atomic E-state index is 0.0201. The zero-order valence-corrected chi connectivity index (χ0v) is 7.84. The molecular formula is C9H10N2O4. The van der Waals surface area contributed by atoms with Gasteiger partial charge in [-0.25, -0.2) is 4.79 Å². The monoisotopic (exact) mass is 210 g/mol. The molecule has 0 unspecified atom stereocenters. The Kier molecular flexibility index (Phi) is 4.08. The second kappa shape index (κ2) is 5.58. The van der Waals surface area contributed by atoms with Crippen molar-refractivity contribution in [3.63, 3.8) is 0 Å². The van der Waals surface area contributed by atoms with Crippen molar-refractivity contribution < 1.29 is 19.4 Å². The van der Waals surface area contributed by atoms with Crippen molar-refractivity contribution in [3.05, 3.63) is 30.1 Å². The molecule has 0 saturated carbocycles. The first-order chi connectivity index (χ1) is 7.18. The predicted molar refractivity (Wildman–Crippen MR) is 50.1 cm³/mol. The lowest BCUT2D eigenvalue weighted by molar-refractivity contribution is -0.135. The van der Waals surface area contributed by atoms with E-state index in [1.54, 1.807) is 24.4 Å². The van der Waals surface area contributed by atoms with Gasteiger partial charge in [0, 0.05) is 6.20 Å². The van der Waals surface area contributed by atoms with E-state index in [1.807, 2.05) is 0 Å². The molecule has 0 aliphatic rings. The number of ether oxygens (including phenoxy) is 1. The first kappa shape index (κ1) is 11.0. The maximum Gasteiger partial charge on any atom is 0.408 e. The number of amides is 1. The third kappa shape index (κ3) is 4.61. The Morgan fingerprint density at radius 1 is 1.47 bits per heavy atom. The van der Waals surface area contributed by atoms with Gasteiger partial charge in [-0.1, -0.05) is 6.07 Å². The molecule has 6 heteroatoms. The molecule has 6 nitrogen and oxygen atoms in total. The number of hydrogen-bond acceptors (Lipinski definition) is 4. The lowest BCUT2D eigenvalue weighted by atomic mass is 10.4. The van der Waals surface area contributed by atoms with Crippen LogP contribution in [0.25, 0.3) is 0 Å². The van der Waals surface area contributed by atoms with Gasteiger partial charge in [-0.05, 0) is 12.1 Å². The van der Waals surface area contributed by atoms with Gasteiger partial charge in [-0.3, -0.25) is 9.78 Å². The van der Waals surface area contributed by atoms with E-state index in [9.17, 15) is 9.59 Å². The number of nitrogens with zero attached hydrogens (tertiary/aromatic N) is 1. The normalized spacial score (nSPS) is 9.33. The number of carboxylic acids is 1. The molecule has 1 aromatic heterocycles. The van der Waals surface area contributed by atoms with Crippen LogP contribution in [0, 0.1) is 0 Å². The van der Waals surface area contributed by atoms with Crippen LogP contribution in [0.15, 0.2) is 24.4 Å².